The SMILES string of the molecule is O=C(N[C@H](CN1CCC1)[C@H](O)c1cc(F)c2c(c1)OCCO2)C(F)(F)C1Cc2ccc(Cl)cc2C1. The molecule has 2 heterocycles. The maximum Gasteiger partial charge on any atom is 0.327 e. The molecule has 35 heavy (non-hydrogen) atoms. The lowest BCUT2D eigenvalue weighted by Crippen LogP contribution is -2.55. The Balaban J connectivity index is 1.35. The van der Waals surface area contributed by atoms with Gasteiger partial charge >= 0.3 is 5.92 Å². The van der Waals surface area contributed by atoms with Crippen molar-refractivity contribution in [2.45, 2.75) is 37.3 Å². The van der Waals surface area contributed by atoms with Crippen molar-refractivity contribution < 1.29 is 32.5 Å². The number of hydrogen-bond acceptors (Lipinski definition) is 5. The average molecular weight is 511 g/mol. The Labute approximate surface area is 206 Å². The molecule has 1 saturated heterocycles. The second-order valence-electron chi connectivity index (χ2n) is 9.35. The number of hydrogen-bond donors (Lipinski definition) is 2. The zero-order valence-electron chi connectivity index (χ0n) is 18.9. The molecule has 0 radical (unpaired) electrons. The van der Waals surface area contributed by atoms with Crippen LogP contribution in [0.25, 0.3) is 0 Å². The van der Waals surface area contributed by atoms with Gasteiger partial charge in [-0.3, -0.25) is 4.79 Å². The van der Waals surface area contributed by atoms with E-state index in [0.717, 1.165) is 31.1 Å². The Morgan fingerprint density at radius 3 is 2.66 bits per heavy atom. The van der Waals surface area contributed by atoms with Gasteiger partial charge in [-0.2, -0.15) is 8.78 Å². The van der Waals surface area contributed by atoms with Crippen molar-refractivity contribution in [3.05, 3.63) is 57.9 Å². The van der Waals surface area contributed by atoms with Gasteiger partial charge in [-0.25, -0.2) is 4.39 Å². The molecule has 1 aliphatic carbocycles. The zero-order valence-corrected chi connectivity index (χ0v) is 19.7. The molecule has 10 heteroatoms. The molecular weight excluding hydrogens is 485 g/mol. The van der Waals surface area contributed by atoms with Gasteiger partial charge in [-0.05, 0) is 73.3 Å². The number of carbonyl (C=O) groups is 1. The second-order valence-corrected chi connectivity index (χ2v) is 9.78. The van der Waals surface area contributed by atoms with Crippen LogP contribution in [0.15, 0.2) is 30.3 Å². The number of aliphatic hydroxyl groups excluding tert-OH is 1. The first-order valence-electron chi connectivity index (χ1n) is 11.7. The number of amides is 1. The molecule has 0 bridgehead atoms. The molecule has 3 aliphatic rings. The van der Waals surface area contributed by atoms with Crippen LogP contribution in [0.1, 0.15) is 29.2 Å². The van der Waals surface area contributed by atoms with Crippen LogP contribution in [-0.4, -0.2) is 60.7 Å². The smallest absolute Gasteiger partial charge is 0.327 e. The third-order valence-electron chi connectivity index (χ3n) is 6.98. The highest BCUT2D eigenvalue weighted by molar-refractivity contribution is 6.30. The van der Waals surface area contributed by atoms with Gasteiger partial charge < -0.3 is 24.8 Å². The first-order chi connectivity index (χ1) is 16.7. The molecule has 0 saturated carbocycles. The molecule has 2 N–H and O–H groups in total. The summed E-state index contributed by atoms with van der Waals surface area (Å²) < 4.78 is 55.9. The van der Waals surface area contributed by atoms with Crippen LogP contribution in [0, 0.1) is 11.7 Å². The van der Waals surface area contributed by atoms with Gasteiger partial charge in [0.2, 0.25) is 0 Å². The number of nitrogens with one attached hydrogen (secondary N) is 1. The molecule has 2 aliphatic heterocycles. The normalized spacial score (nSPS) is 21.1. The van der Waals surface area contributed by atoms with Crippen molar-refractivity contribution in [1.29, 1.82) is 0 Å². The van der Waals surface area contributed by atoms with Crippen molar-refractivity contribution in [1.82, 2.24) is 10.2 Å². The minimum Gasteiger partial charge on any atom is -0.486 e. The lowest BCUT2D eigenvalue weighted by Gasteiger charge is -2.37. The van der Waals surface area contributed by atoms with Gasteiger partial charge in [0.25, 0.3) is 5.91 Å². The Morgan fingerprint density at radius 2 is 1.91 bits per heavy atom. The van der Waals surface area contributed by atoms with Gasteiger partial charge in [-0.15, -0.1) is 0 Å². The van der Waals surface area contributed by atoms with E-state index in [1.165, 1.54) is 6.07 Å². The van der Waals surface area contributed by atoms with Crippen molar-refractivity contribution in [2.24, 2.45) is 5.92 Å². The monoisotopic (exact) mass is 510 g/mol. The number of ether oxygens (including phenoxy) is 2. The number of halogens is 4. The first-order valence-corrected chi connectivity index (χ1v) is 12.1. The predicted octanol–water partition coefficient (Wildman–Crippen LogP) is 3.52. The number of aliphatic hydroxyl groups is 1. The van der Waals surface area contributed by atoms with E-state index >= 15 is 8.78 Å². The summed E-state index contributed by atoms with van der Waals surface area (Å²) in [4.78, 5) is 14.8. The summed E-state index contributed by atoms with van der Waals surface area (Å²) in [7, 11) is 0. The van der Waals surface area contributed by atoms with E-state index in [0.29, 0.717) is 10.6 Å². The third kappa shape index (κ3) is 4.81. The van der Waals surface area contributed by atoms with Crippen molar-refractivity contribution in [2.75, 3.05) is 32.8 Å². The van der Waals surface area contributed by atoms with E-state index < -0.39 is 35.7 Å². The minimum atomic E-state index is -3.67. The third-order valence-corrected chi connectivity index (χ3v) is 7.21. The highest BCUT2D eigenvalue weighted by Gasteiger charge is 2.50. The summed E-state index contributed by atoms with van der Waals surface area (Å²) in [6.45, 7) is 2.03. The Hall–Kier alpha value is -2.49. The van der Waals surface area contributed by atoms with Crippen molar-refractivity contribution in [3.63, 3.8) is 0 Å². The van der Waals surface area contributed by atoms with Crippen LogP contribution in [0.5, 0.6) is 11.5 Å². The van der Waals surface area contributed by atoms with E-state index in [1.54, 1.807) is 18.2 Å². The second kappa shape index (κ2) is 9.52. The Kier molecular flexibility index (Phi) is 6.59. The molecule has 1 unspecified atom stereocenters. The molecule has 2 aromatic carbocycles. The summed E-state index contributed by atoms with van der Waals surface area (Å²) in [5.41, 5.74) is 1.57. The molecular formula is C25H26ClF3N2O4. The number of alkyl halides is 2. The van der Waals surface area contributed by atoms with E-state index in [9.17, 15) is 14.3 Å². The molecule has 5 rings (SSSR count). The predicted molar refractivity (Wildman–Crippen MR) is 123 cm³/mol. The topological polar surface area (TPSA) is 71.0 Å². The minimum absolute atomic E-state index is 0.0308. The first kappa shape index (κ1) is 24.2. The highest BCUT2D eigenvalue weighted by atomic mass is 35.5. The molecule has 3 atom stereocenters. The molecule has 0 aromatic heterocycles. The lowest BCUT2D eigenvalue weighted by atomic mass is 9.95. The average Bonchev–Trinajstić information content (AvgIpc) is 3.24. The molecule has 188 valence electrons. The van der Waals surface area contributed by atoms with Crippen LogP contribution >= 0.6 is 11.6 Å². The molecule has 1 fully saturated rings. The Morgan fingerprint density at radius 1 is 1.17 bits per heavy atom. The van der Waals surface area contributed by atoms with Crippen LogP contribution < -0.4 is 14.8 Å². The number of likely N-dealkylation sites (tertiary alicyclic amines) is 1. The van der Waals surface area contributed by atoms with Crippen LogP contribution in [0.4, 0.5) is 13.2 Å². The zero-order chi connectivity index (χ0) is 24.7. The fourth-order valence-corrected chi connectivity index (χ4v) is 5.09. The highest BCUT2D eigenvalue weighted by Crippen LogP contribution is 2.39. The van der Waals surface area contributed by atoms with Gasteiger partial charge in [-0.1, -0.05) is 17.7 Å². The van der Waals surface area contributed by atoms with Crippen molar-refractivity contribution in [3.8, 4) is 11.5 Å². The van der Waals surface area contributed by atoms with Crippen LogP contribution in [-0.2, 0) is 17.6 Å². The number of nitrogens with zero attached hydrogens (tertiary/aromatic N) is 1. The fourth-order valence-electron chi connectivity index (χ4n) is 4.89. The summed E-state index contributed by atoms with van der Waals surface area (Å²) in [5.74, 6) is -6.99. The maximum atomic E-state index is 15.3. The summed E-state index contributed by atoms with van der Waals surface area (Å²) in [5, 5.41) is 13.9. The molecule has 1 amide bonds. The van der Waals surface area contributed by atoms with Gasteiger partial charge in [0, 0.05) is 17.5 Å². The summed E-state index contributed by atoms with van der Waals surface area (Å²) in [6.07, 6.45) is -0.405. The van der Waals surface area contributed by atoms with Gasteiger partial charge in [0.1, 0.15) is 19.3 Å². The largest absolute Gasteiger partial charge is 0.486 e. The fraction of sp³-hybridized carbons (Fsp3) is 0.480. The quantitative estimate of drug-likeness (QED) is 0.596. The molecule has 6 nitrogen and oxygen atoms in total. The summed E-state index contributed by atoms with van der Waals surface area (Å²) in [6, 6.07) is 6.44. The van der Waals surface area contributed by atoms with Crippen molar-refractivity contribution >= 4 is 17.5 Å². The van der Waals surface area contributed by atoms with E-state index in [-0.39, 0.29) is 49.7 Å². The molecule has 0 spiro atoms. The number of rotatable bonds is 7. The lowest BCUT2D eigenvalue weighted by molar-refractivity contribution is -0.155. The Bertz CT molecular complexity index is 1130. The number of fused-ring (bicyclic) bond motifs is 2. The van der Waals surface area contributed by atoms with Gasteiger partial charge in [0.05, 0.1) is 6.04 Å². The van der Waals surface area contributed by atoms with Gasteiger partial charge in [0.15, 0.2) is 17.3 Å². The van der Waals surface area contributed by atoms with E-state index in [2.05, 4.69) is 5.32 Å². The number of carbonyl (C=O) groups excluding carboxylic acids is 1. The molecule has 2 aromatic rings. The van der Waals surface area contributed by atoms with Crippen LogP contribution in [0.2, 0.25) is 5.02 Å². The standard InChI is InChI=1S/C25H26ClF3N2O4/c26-18-3-2-14-8-17(9-15(14)10-18)25(28,29)24(33)30-20(13-31-4-1-5-31)22(32)16-11-19(27)23-21(12-16)34-6-7-35-23/h2-3,10-12,17,20,22,32H,1,4-9,13H2,(H,30,33)/t17?,20-,22-/m1/s1. The summed E-state index contributed by atoms with van der Waals surface area (Å²) >= 11 is 5.99. The van der Waals surface area contributed by atoms with E-state index in [4.69, 9.17) is 21.1 Å². The maximum absolute atomic E-state index is 15.3. The van der Waals surface area contributed by atoms with E-state index in [1.807, 2.05) is 4.90 Å². The van der Waals surface area contributed by atoms with Crippen LogP contribution in [0.3, 0.4) is 0 Å². The number of benzene rings is 2.